The van der Waals surface area contributed by atoms with Crippen molar-refractivity contribution >= 4 is 0 Å². The van der Waals surface area contributed by atoms with Crippen LogP contribution >= 0.6 is 0 Å². The third-order valence-corrected chi connectivity index (χ3v) is 1.69. The van der Waals surface area contributed by atoms with E-state index in [2.05, 4.69) is 0 Å². The van der Waals surface area contributed by atoms with Gasteiger partial charge in [-0.05, 0) is 0 Å². The third kappa shape index (κ3) is 3.13. The molecule has 14 heavy (non-hydrogen) atoms. The molecule has 0 bridgehead atoms. The van der Waals surface area contributed by atoms with Crippen molar-refractivity contribution in [1.29, 1.82) is 0 Å². The van der Waals surface area contributed by atoms with Crippen LogP contribution in [0.2, 0.25) is 0 Å². The van der Waals surface area contributed by atoms with Crippen LogP contribution in [0.3, 0.4) is 0 Å². The molecule has 0 aliphatic rings. The molecule has 7 nitrogen and oxygen atoms in total. The van der Waals surface area contributed by atoms with Gasteiger partial charge >= 0.3 is 0 Å². The van der Waals surface area contributed by atoms with Crippen LogP contribution in [-0.4, -0.2) is 66.8 Å². The quantitative estimate of drug-likeness (QED) is 0.246. The molecule has 0 aliphatic carbocycles. The lowest BCUT2D eigenvalue weighted by Gasteiger charge is -2.24. The predicted octanol–water partition coefficient (Wildman–Crippen LogP) is -2.62. The molecular formula is C7H14O7. The average Bonchev–Trinajstić information content (AvgIpc) is 2.23. The van der Waals surface area contributed by atoms with E-state index >= 15 is 0 Å². The molecular weight excluding hydrogens is 196 g/mol. The van der Waals surface area contributed by atoms with Gasteiger partial charge in [-0.2, -0.15) is 0 Å². The first-order chi connectivity index (χ1) is 6.45. The molecule has 0 unspecified atom stereocenters. The highest BCUT2D eigenvalue weighted by Crippen LogP contribution is 2.09. The minimum Gasteiger partial charge on any atom is -0.512 e. The topological polar surface area (TPSA) is 142 Å². The first-order valence-electron chi connectivity index (χ1n) is 3.82. The van der Waals surface area contributed by atoms with Gasteiger partial charge in [-0.25, -0.2) is 0 Å². The summed E-state index contributed by atoms with van der Waals surface area (Å²) < 4.78 is 0. The van der Waals surface area contributed by atoms with E-state index in [4.69, 9.17) is 35.7 Å². The van der Waals surface area contributed by atoms with Gasteiger partial charge < -0.3 is 35.7 Å². The summed E-state index contributed by atoms with van der Waals surface area (Å²) in [6.45, 7) is -0.811. The molecule has 0 heterocycles. The Morgan fingerprint density at radius 2 is 1.57 bits per heavy atom. The second-order valence-electron chi connectivity index (χ2n) is 2.73. The molecule has 0 spiro atoms. The molecule has 0 aromatic carbocycles. The first kappa shape index (κ1) is 13.1. The Balaban J connectivity index is 4.38. The van der Waals surface area contributed by atoms with Crippen molar-refractivity contribution in [3.63, 3.8) is 0 Å². The molecule has 0 radical (unpaired) electrons. The van der Waals surface area contributed by atoms with Crippen molar-refractivity contribution in [1.82, 2.24) is 0 Å². The van der Waals surface area contributed by atoms with E-state index in [0.717, 1.165) is 0 Å². The summed E-state index contributed by atoms with van der Waals surface area (Å²) in [7, 11) is 0. The number of aliphatic hydroxyl groups is 7. The zero-order valence-electron chi connectivity index (χ0n) is 7.22. The number of rotatable bonds is 5. The van der Waals surface area contributed by atoms with E-state index in [0.29, 0.717) is 0 Å². The number of aliphatic hydroxyl groups excluding tert-OH is 7. The summed E-state index contributed by atoms with van der Waals surface area (Å²) in [5.41, 5.74) is 0. The zero-order valence-corrected chi connectivity index (χ0v) is 7.22. The zero-order chi connectivity index (χ0) is 11.3. The average molecular weight is 210 g/mol. The lowest BCUT2D eigenvalue weighted by Crippen LogP contribution is -2.46. The first-order valence-corrected chi connectivity index (χ1v) is 3.82. The Labute approximate surface area is 79.8 Å². The maximum atomic E-state index is 9.11. The van der Waals surface area contributed by atoms with Crippen LogP contribution in [0.15, 0.2) is 12.0 Å². The Bertz CT molecular complexity index is 192. The fraction of sp³-hybridized carbons (Fsp3) is 0.714. The maximum absolute atomic E-state index is 9.11. The fourth-order valence-corrected chi connectivity index (χ4v) is 0.774. The molecule has 4 atom stereocenters. The number of hydrogen-bond donors (Lipinski definition) is 7. The molecule has 0 aliphatic heterocycles. The van der Waals surface area contributed by atoms with Crippen LogP contribution in [0.4, 0.5) is 0 Å². The molecule has 7 N–H and O–H groups in total. The summed E-state index contributed by atoms with van der Waals surface area (Å²) in [4.78, 5) is 0. The molecule has 0 fully saturated rings. The summed E-state index contributed by atoms with van der Waals surface area (Å²) >= 11 is 0. The maximum Gasteiger partial charge on any atom is 0.158 e. The predicted molar refractivity (Wildman–Crippen MR) is 44.5 cm³/mol. The lowest BCUT2D eigenvalue weighted by molar-refractivity contribution is -0.113. The highest BCUT2D eigenvalue weighted by Gasteiger charge is 2.32. The van der Waals surface area contributed by atoms with Crippen LogP contribution in [0.25, 0.3) is 0 Å². The van der Waals surface area contributed by atoms with Crippen molar-refractivity contribution in [3.8, 4) is 0 Å². The van der Waals surface area contributed by atoms with Gasteiger partial charge in [0.25, 0.3) is 0 Å². The van der Waals surface area contributed by atoms with Gasteiger partial charge in [0, 0.05) is 0 Å². The van der Waals surface area contributed by atoms with Gasteiger partial charge in [-0.15, -0.1) is 0 Å². The van der Waals surface area contributed by atoms with E-state index in [1.807, 2.05) is 0 Å². The van der Waals surface area contributed by atoms with Crippen LogP contribution in [0, 0.1) is 0 Å². The fourth-order valence-electron chi connectivity index (χ4n) is 0.774. The molecule has 0 rings (SSSR count). The van der Waals surface area contributed by atoms with Gasteiger partial charge in [-0.3, -0.25) is 0 Å². The molecule has 0 amide bonds. The SMILES string of the molecule is O/C=C(\O)[C@@H](O)[C@@H](O)[C@H](O)[C@H](O)CO. The molecule has 0 saturated carbocycles. The molecule has 0 aromatic rings. The minimum absolute atomic E-state index is 0.145. The van der Waals surface area contributed by atoms with E-state index < -0.39 is 36.8 Å². The van der Waals surface area contributed by atoms with Crippen LogP contribution in [0.5, 0.6) is 0 Å². The lowest BCUT2D eigenvalue weighted by atomic mass is 10.0. The number of hydrogen-bond acceptors (Lipinski definition) is 7. The van der Waals surface area contributed by atoms with E-state index in [1.54, 1.807) is 0 Å². The van der Waals surface area contributed by atoms with Crippen molar-refractivity contribution in [3.05, 3.63) is 12.0 Å². The van der Waals surface area contributed by atoms with Crippen molar-refractivity contribution in [2.24, 2.45) is 0 Å². The van der Waals surface area contributed by atoms with Crippen molar-refractivity contribution in [2.45, 2.75) is 24.4 Å². The molecule has 7 heteroatoms. The van der Waals surface area contributed by atoms with Crippen molar-refractivity contribution < 1.29 is 35.7 Å². The smallest absolute Gasteiger partial charge is 0.158 e. The largest absolute Gasteiger partial charge is 0.512 e. The standard InChI is InChI=1S/C7H14O7/c8-1-3(10)5(12)7(14)6(13)4(11)2-9/h1,4-14H,2H2/b3-1-/t4-,5-,6-,7-/m1/s1. The molecule has 84 valence electrons. The third-order valence-electron chi connectivity index (χ3n) is 1.69. The van der Waals surface area contributed by atoms with Crippen LogP contribution in [0.1, 0.15) is 0 Å². The summed E-state index contributed by atoms with van der Waals surface area (Å²) in [6, 6.07) is 0. The summed E-state index contributed by atoms with van der Waals surface area (Å²) in [5.74, 6) is -0.957. The monoisotopic (exact) mass is 210 g/mol. The Morgan fingerprint density at radius 3 is 1.93 bits per heavy atom. The van der Waals surface area contributed by atoms with E-state index in [-0.39, 0.29) is 6.26 Å². The second kappa shape index (κ2) is 5.78. The van der Waals surface area contributed by atoms with Gasteiger partial charge in [-0.1, -0.05) is 0 Å². The van der Waals surface area contributed by atoms with Crippen molar-refractivity contribution in [2.75, 3.05) is 6.61 Å². The van der Waals surface area contributed by atoms with Gasteiger partial charge in [0.2, 0.25) is 0 Å². The van der Waals surface area contributed by atoms with E-state index in [1.165, 1.54) is 0 Å². The Hall–Kier alpha value is -0.860. The summed E-state index contributed by atoms with van der Waals surface area (Å²) in [6.07, 6.45) is -7.19. The van der Waals surface area contributed by atoms with Crippen LogP contribution in [-0.2, 0) is 0 Å². The van der Waals surface area contributed by atoms with Crippen LogP contribution < -0.4 is 0 Å². The second-order valence-corrected chi connectivity index (χ2v) is 2.73. The van der Waals surface area contributed by atoms with Gasteiger partial charge in [0.15, 0.2) is 5.76 Å². The summed E-state index contributed by atoms with van der Waals surface area (Å²) in [5, 5.41) is 61.5. The highest BCUT2D eigenvalue weighted by atomic mass is 16.4. The van der Waals surface area contributed by atoms with Gasteiger partial charge in [0.05, 0.1) is 6.61 Å². The Kier molecular flexibility index (Phi) is 5.43. The molecule has 0 aromatic heterocycles. The van der Waals surface area contributed by atoms with E-state index in [9.17, 15) is 0 Å². The minimum atomic E-state index is -1.93. The normalized spacial score (nSPS) is 21.4. The van der Waals surface area contributed by atoms with Gasteiger partial charge in [0.1, 0.15) is 30.7 Å². The molecule has 0 saturated heterocycles. The Morgan fingerprint density at radius 1 is 1.07 bits per heavy atom. The highest BCUT2D eigenvalue weighted by molar-refractivity contribution is 4.99.